The van der Waals surface area contributed by atoms with Gasteiger partial charge in [0.15, 0.2) is 6.10 Å². The van der Waals surface area contributed by atoms with Gasteiger partial charge in [-0.2, -0.15) is 0 Å². The minimum Gasteiger partial charge on any atom is -0.462 e. The zero-order chi connectivity index (χ0) is 55.0. The molecule has 0 heterocycles. The van der Waals surface area contributed by atoms with Crippen LogP contribution in [0.2, 0.25) is 0 Å². The zero-order valence-corrected chi connectivity index (χ0v) is 51.8. The van der Waals surface area contributed by atoms with Crippen molar-refractivity contribution in [2.24, 2.45) is 0 Å². The van der Waals surface area contributed by atoms with Crippen molar-refractivity contribution in [2.45, 2.75) is 406 Å². The van der Waals surface area contributed by atoms with Crippen molar-refractivity contribution in [1.82, 2.24) is 0 Å². The number of esters is 3. The molecule has 0 aromatic rings. The van der Waals surface area contributed by atoms with Gasteiger partial charge < -0.3 is 14.2 Å². The summed E-state index contributed by atoms with van der Waals surface area (Å²) < 4.78 is 16.9. The van der Waals surface area contributed by atoms with Crippen molar-refractivity contribution in [2.75, 3.05) is 13.2 Å². The molecule has 0 aliphatic heterocycles. The first-order valence-corrected chi connectivity index (χ1v) is 34.7. The van der Waals surface area contributed by atoms with Gasteiger partial charge in [0.05, 0.1) is 0 Å². The lowest BCUT2D eigenvalue weighted by molar-refractivity contribution is -0.167. The van der Waals surface area contributed by atoms with E-state index in [2.05, 4.69) is 32.9 Å². The number of allylic oxidation sites excluding steroid dienone is 2. The third-order valence-corrected chi connectivity index (χ3v) is 16.0. The zero-order valence-electron chi connectivity index (χ0n) is 51.8. The molecular weight excluding hydrogens is 937 g/mol. The Morgan fingerprint density at radius 2 is 0.434 bits per heavy atom. The average Bonchev–Trinajstić information content (AvgIpc) is 3.42. The van der Waals surface area contributed by atoms with Crippen molar-refractivity contribution in [3.8, 4) is 0 Å². The van der Waals surface area contributed by atoms with E-state index in [0.29, 0.717) is 19.3 Å². The first-order valence-electron chi connectivity index (χ1n) is 34.7. The Labute approximate surface area is 475 Å². The lowest BCUT2D eigenvalue weighted by atomic mass is 10.0. The molecule has 0 fully saturated rings. The summed E-state index contributed by atoms with van der Waals surface area (Å²) in [5, 5.41) is 0. The van der Waals surface area contributed by atoms with E-state index in [4.69, 9.17) is 14.2 Å². The number of carbonyl (C=O) groups is 3. The number of unbranched alkanes of at least 4 members (excludes halogenated alkanes) is 52. The van der Waals surface area contributed by atoms with Gasteiger partial charge >= 0.3 is 17.9 Å². The van der Waals surface area contributed by atoms with Crippen molar-refractivity contribution in [3.63, 3.8) is 0 Å². The summed E-state index contributed by atoms with van der Waals surface area (Å²) in [6.07, 6.45) is 78.3. The summed E-state index contributed by atoms with van der Waals surface area (Å²) in [5.74, 6) is -0.842. The van der Waals surface area contributed by atoms with Crippen LogP contribution in [-0.4, -0.2) is 37.2 Å². The summed E-state index contributed by atoms with van der Waals surface area (Å²) >= 11 is 0. The maximum Gasteiger partial charge on any atom is 0.306 e. The van der Waals surface area contributed by atoms with Crippen molar-refractivity contribution in [3.05, 3.63) is 12.2 Å². The molecule has 0 spiro atoms. The number of ether oxygens (including phenoxy) is 3. The second-order valence-corrected chi connectivity index (χ2v) is 23.8. The molecule has 0 bridgehead atoms. The van der Waals surface area contributed by atoms with Gasteiger partial charge in [-0.25, -0.2) is 0 Å². The third-order valence-electron chi connectivity index (χ3n) is 16.0. The molecule has 0 saturated heterocycles. The fourth-order valence-electron chi connectivity index (χ4n) is 10.8. The highest BCUT2D eigenvalue weighted by Crippen LogP contribution is 2.19. The van der Waals surface area contributed by atoms with Crippen molar-refractivity contribution in [1.29, 1.82) is 0 Å². The van der Waals surface area contributed by atoms with Gasteiger partial charge in [0.2, 0.25) is 0 Å². The molecule has 0 aromatic carbocycles. The molecule has 0 saturated carbocycles. The summed E-state index contributed by atoms with van der Waals surface area (Å²) in [6, 6.07) is 0. The second-order valence-electron chi connectivity index (χ2n) is 23.8. The van der Waals surface area contributed by atoms with Gasteiger partial charge in [-0.1, -0.05) is 348 Å². The Bertz CT molecular complexity index is 1180. The largest absolute Gasteiger partial charge is 0.462 e. The standard InChI is InChI=1S/C70H134O6/c1-4-7-10-13-16-19-22-24-26-28-29-30-31-32-33-34-35-36-37-38-39-40-41-43-44-46-48-51-54-57-60-63-69(72)75-66-67(65-74-68(71)62-59-56-53-50-21-18-15-12-9-6-3)76-70(73)64-61-58-55-52-49-47-45-42-27-25-23-20-17-14-11-8-5-2/h25,27,67H,4-24,26,28-66H2,1-3H3/b27-25-. The average molecular weight is 1070 g/mol. The number of hydrogen-bond acceptors (Lipinski definition) is 6. The van der Waals surface area contributed by atoms with E-state index >= 15 is 0 Å². The normalized spacial score (nSPS) is 12.0. The molecular formula is C70H134O6. The minimum absolute atomic E-state index is 0.0655. The van der Waals surface area contributed by atoms with E-state index in [1.165, 1.54) is 302 Å². The van der Waals surface area contributed by atoms with Crippen LogP contribution in [0.5, 0.6) is 0 Å². The van der Waals surface area contributed by atoms with Crippen LogP contribution < -0.4 is 0 Å². The van der Waals surface area contributed by atoms with Crippen LogP contribution >= 0.6 is 0 Å². The number of carbonyl (C=O) groups excluding carboxylic acids is 3. The summed E-state index contributed by atoms with van der Waals surface area (Å²) in [5.41, 5.74) is 0. The molecule has 1 atom stereocenters. The fraction of sp³-hybridized carbons (Fsp3) is 0.929. The molecule has 6 heteroatoms. The van der Waals surface area contributed by atoms with E-state index in [-0.39, 0.29) is 31.1 Å². The Morgan fingerprint density at radius 3 is 0.658 bits per heavy atom. The van der Waals surface area contributed by atoms with E-state index in [9.17, 15) is 14.4 Å². The Hall–Kier alpha value is -1.85. The molecule has 0 aromatic heterocycles. The Balaban J connectivity index is 4.04. The Kier molecular flexibility index (Phi) is 64.1. The first-order chi connectivity index (χ1) is 37.5. The van der Waals surface area contributed by atoms with Gasteiger partial charge in [-0.3, -0.25) is 14.4 Å². The van der Waals surface area contributed by atoms with Crippen LogP contribution in [0.4, 0.5) is 0 Å². The SMILES string of the molecule is CCCCCCCC/C=C\CCCCCCCCCC(=O)OC(COC(=O)CCCCCCCCCCCC)COC(=O)CCCCCCCCCCCCCCCCCCCCCCCCCCCCCCCCC. The number of hydrogen-bond donors (Lipinski definition) is 0. The van der Waals surface area contributed by atoms with Crippen LogP contribution in [0.1, 0.15) is 400 Å². The molecule has 1 unspecified atom stereocenters. The lowest BCUT2D eigenvalue weighted by Gasteiger charge is -2.18. The second kappa shape index (κ2) is 65.7. The molecule has 0 aliphatic rings. The van der Waals surface area contributed by atoms with Crippen LogP contribution in [0, 0.1) is 0 Å². The summed E-state index contributed by atoms with van der Waals surface area (Å²) in [7, 11) is 0. The Morgan fingerprint density at radius 1 is 0.250 bits per heavy atom. The van der Waals surface area contributed by atoms with Gasteiger partial charge in [-0.15, -0.1) is 0 Å². The highest BCUT2D eigenvalue weighted by atomic mass is 16.6. The topological polar surface area (TPSA) is 78.9 Å². The summed E-state index contributed by atoms with van der Waals surface area (Å²) in [4.78, 5) is 38.2. The molecule has 76 heavy (non-hydrogen) atoms. The molecule has 0 N–H and O–H groups in total. The smallest absolute Gasteiger partial charge is 0.306 e. The van der Waals surface area contributed by atoms with E-state index in [1.54, 1.807) is 0 Å². The number of rotatable bonds is 65. The molecule has 0 aliphatic carbocycles. The minimum atomic E-state index is -0.767. The van der Waals surface area contributed by atoms with Crippen molar-refractivity contribution >= 4 is 17.9 Å². The van der Waals surface area contributed by atoms with E-state index in [1.807, 2.05) is 0 Å². The van der Waals surface area contributed by atoms with Gasteiger partial charge in [0, 0.05) is 19.3 Å². The predicted molar refractivity (Wildman–Crippen MR) is 330 cm³/mol. The lowest BCUT2D eigenvalue weighted by Crippen LogP contribution is -2.30. The van der Waals surface area contributed by atoms with Crippen LogP contribution in [-0.2, 0) is 28.6 Å². The molecule has 450 valence electrons. The molecule has 0 radical (unpaired) electrons. The first kappa shape index (κ1) is 74.2. The van der Waals surface area contributed by atoms with Crippen LogP contribution in [0.3, 0.4) is 0 Å². The maximum absolute atomic E-state index is 12.9. The van der Waals surface area contributed by atoms with E-state index in [0.717, 1.165) is 57.8 Å². The van der Waals surface area contributed by atoms with Gasteiger partial charge in [-0.05, 0) is 44.9 Å². The van der Waals surface area contributed by atoms with Crippen LogP contribution in [0.15, 0.2) is 12.2 Å². The quantitative estimate of drug-likeness (QED) is 0.0261. The highest BCUT2D eigenvalue weighted by Gasteiger charge is 2.19. The monoisotopic (exact) mass is 1070 g/mol. The van der Waals surface area contributed by atoms with Crippen LogP contribution in [0.25, 0.3) is 0 Å². The molecule has 0 rings (SSSR count). The molecule has 0 amide bonds. The van der Waals surface area contributed by atoms with Gasteiger partial charge in [0.25, 0.3) is 0 Å². The third kappa shape index (κ3) is 63.0. The maximum atomic E-state index is 12.9. The highest BCUT2D eigenvalue weighted by molar-refractivity contribution is 5.71. The fourth-order valence-corrected chi connectivity index (χ4v) is 10.8. The molecule has 6 nitrogen and oxygen atoms in total. The van der Waals surface area contributed by atoms with Gasteiger partial charge in [0.1, 0.15) is 13.2 Å². The summed E-state index contributed by atoms with van der Waals surface area (Å²) in [6.45, 7) is 6.70. The predicted octanol–water partition coefficient (Wildman–Crippen LogP) is 23.6. The van der Waals surface area contributed by atoms with Crippen molar-refractivity contribution < 1.29 is 28.6 Å². The van der Waals surface area contributed by atoms with E-state index < -0.39 is 6.10 Å².